The van der Waals surface area contributed by atoms with Gasteiger partial charge in [0.25, 0.3) is 0 Å². The van der Waals surface area contributed by atoms with Crippen molar-refractivity contribution in [2.45, 2.75) is 25.0 Å². The molecule has 0 aliphatic rings. The minimum Gasteiger partial charge on any atom is -0.491 e. The first-order chi connectivity index (χ1) is 17.9. The van der Waals surface area contributed by atoms with E-state index < -0.39 is 24.3 Å². The monoisotopic (exact) mass is 569 g/mol. The van der Waals surface area contributed by atoms with Crippen LogP contribution in [0.3, 0.4) is 0 Å². The molecule has 8 nitrogen and oxygen atoms in total. The number of para-hydroxylation sites is 1. The van der Waals surface area contributed by atoms with E-state index >= 15 is 0 Å². The summed E-state index contributed by atoms with van der Waals surface area (Å²) in [5, 5.41) is 20.8. The van der Waals surface area contributed by atoms with E-state index in [1.807, 2.05) is 18.2 Å². The van der Waals surface area contributed by atoms with Gasteiger partial charge in [0.1, 0.15) is 24.2 Å². The summed E-state index contributed by atoms with van der Waals surface area (Å²) in [4.78, 5) is 23.9. The number of anilines is 1. The highest BCUT2D eigenvalue weighted by Gasteiger charge is 2.29. The van der Waals surface area contributed by atoms with E-state index in [0.717, 1.165) is 10.5 Å². The molecular weight excluding hydrogens is 542 g/mol. The average Bonchev–Trinajstić information content (AvgIpc) is 2.90. The lowest BCUT2D eigenvalue weighted by Gasteiger charge is -2.28. The number of aliphatic hydroxyl groups excluding tert-OH is 1. The van der Waals surface area contributed by atoms with Gasteiger partial charge in [-0.2, -0.15) is 0 Å². The summed E-state index contributed by atoms with van der Waals surface area (Å²) in [5.41, 5.74) is 1.17. The van der Waals surface area contributed by atoms with Gasteiger partial charge in [-0.1, -0.05) is 52.3 Å². The molecule has 0 unspecified atom stereocenters. The number of hydrogen-bond donors (Lipinski definition) is 3. The summed E-state index contributed by atoms with van der Waals surface area (Å²) < 4.78 is 18.6. The fourth-order valence-electron chi connectivity index (χ4n) is 3.49. The van der Waals surface area contributed by atoms with Crippen LogP contribution in [-0.4, -0.2) is 41.6 Å². The van der Waals surface area contributed by atoms with Gasteiger partial charge >= 0.3 is 12.1 Å². The summed E-state index contributed by atoms with van der Waals surface area (Å²) >= 11 is 3.37. The first-order valence-electron chi connectivity index (χ1n) is 11.6. The van der Waals surface area contributed by atoms with Crippen molar-refractivity contribution in [3.8, 4) is 11.5 Å². The van der Waals surface area contributed by atoms with Gasteiger partial charge in [-0.15, -0.1) is 0 Å². The van der Waals surface area contributed by atoms with Crippen LogP contribution >= 0.6 is 15.9 Å². The molecule has 3 N–H and O–H groups in total. The zero-order valence-corrected chi connectivity index (χ0v) is 21.5. The predicted octanol–water partition coefficient (Wildman–Crippen LogP) is 5.98. The number of carboxylic acid groups (broad SMARTS) is 1. The first-order valence-corrected chi connectivity index (χ1v) is 12.4. The number of aliphatic carboxylic acids is 1. The van der Waals surface area contributed by atoms with E-state index in [0.29, 0.717) is 35.6 Å². The Kier molecular flexibility index (Phi) is 11.0. The van der Waals surface area contributed by atoms with Crippen molar-refractivity contribution in [3.63, 3.8) is 0 Å². The second kappa shape index (κ2) is 14.7. The van der Waals surface area contributed by atoms with Gasteiger partial charge in [0.15, 0.2) is 6.10 Å². The number of rotatable bonds is 13. The largest absolute Gasteiger partial charge is 0.491 e. The lowest BCUT2D eigenvalue weighted by Crippen LogP contribution is -2.31. The van der Waals surface area contributed by atoms with Crippen LogP contribution < -0.4 is 14.8 Å². The van der Waals surface area contributed by atoms with Gasteiger partial charge in [0, 0.05) is 16.2 Å². The molecule has 0 bridgehead atoms. The van der Waals surface area contributed by atoms with Crippen molar-refractivity contribution >= 4 is 33.7 Å². The topological polar surface area (TPSA) is 114 Å². The number of benzene rings is 3. The predicted molar refractivity (Wildman–Crippen MR) is 143 cm³/mol. The van der Waals surface area contributed by atoms with Crippen molar-refractivity contribution in [1.29, 1.82) is 0 Å². The van der Waals surface area contributed by atoms with Crippen LogP contribution in [0.5, 0.6) is 11.5 Å². The minimum absolute atomic E-state index is 0.114. The standard InChI is InChI=1S/C28H28BrNO7/c29-21-13-15-22(16-14-21)30-28(34)37-27(20-7-6-10-24(19-20)35-18-17-31)25(11-4-5-12-26(32)33)36-23-8-2-1-3-9-23/h1-3,5-10,12-16,19,25,27,31H,4,11,17-18H2,(H,30,34)(H,32,33)/b12-5+/t25-,27-/m1/s1. The summed E-state index contributed by atoms with van der Waals surface area (Å²) in [6.45, 7) is -0.0294. The number of carbonyl (C=O) groups excluding carboxylic acids is 1. The molecule has 0 fully saturated rings. The third-order valence-electron chi connectivity index (χ3n) is 5.12. The number of amides is 1. The zero-order chi connectivity index (χ0) is 26.5. The van der Waals surface area contributed by atoms with Crippen LogP contribution in [0.1, 0.15) is 24.5 Å². The van der Waals surface area contributed by atoms with Gasteiger partial charge < -0.3 is 24.4 Å². The number of halogens is 1. The molecule has 0 aliphatic carbocycles. The molecule has 194 valence electrons. The number of hydrogen-bond acceptors (Lipinski definition) is 6. The third-order valence-corrected chi connectivity index (χ3v) is 5.65. The molecule has 2 atom stereocenters. The summed E-state index contributed by atoms with van der Waals surface area (Å²) in [5.74, 6) is 0.0259. The summed E-state index contributed by atoms with van der Waals surface area (Å²) in [6, 6.07) is 23.2. The number of ether oxygens (including phenoxy) is 3. The Balaban J connectivity index is 1.91. The minimum atomic E-state index is -1.05. The summed E-state index contributed by atoms with van der Waals surface area (Å²) in [6.07, 6.45) is 1.12. The highest BCUT2D eigenvalue weighted by atomic mass is 79.9. The maximum atomic E-state index is 13.0. The fourth-order valence-corrected chi connectivity index (χ4v) is 3.75. The second-order valence-corrected chi connectivity index (χ2v) is 8.81. The number of carbonyl (C=O) groups is 2. The Morgan fingerprint density at radius 1 is 0.973 bits per heavy atom. The molecule has 0 heterocycles. The Hall–Kier alpha value is -3.82. The van der Waals surface area contributed by atoms with Gasteiger partial charge in [0.05, 0.1) is 6.61 Å². The first kappa shape index (κ1) is 27.8. The quantitative estimate of drug-likeness (QED) is 0.217. The maximum absolute atomic E-state index is 13.0. The van der Waals surface area contributed by atoms with E-state index in [-0.39, 0.29) is 13.2 Å². The molecule has 3 aromatic carbocycles. The van der Waals surface area contributed by atoms with E-state index in [9.17, 15) is 9.59 Å². The highest BCUT2D eigenvalue weighted by molar-refractivity contribution is 9.10. The molecule has 0 radical (unpaired) electrons. The third kappa shape index (κ3) is 9.63. The van der Waals surface area contributed by atoms with Crippen molar-refractivity contribution in [2.75, 3.05) is 18.5 Å². The molecule has 9 heteroatoms. The molecule has 37 heavy (non-hydrogen) atoms. The molecule has 1 amide bonds. The van der Waals surface area contributed by atoms with Crippen LogP contribution in [0.2, 0.25) is 0 Å². The maximum Gasteiger partial charge on any atom is 0.412 e. The van der Waals surface area contributed by atoms with Crippen LogP contribution in [0.4, 0.5) is 10.5 Å². The molecule has 0 saturated heterocycles. The lowest BCUT2D eigenvalue weighted by atomic mass is 9.99. The molecule has 3 rings (SSSR count). The number of aliphatic hydroxyl groups is 1. The van der Waals surface area contributed by atoms with Crippen LogP contribution in [0.25, 0.3) is 0 Å². The van der Waals surface area contributed by atoms with Gasteiger partial charge in [0.2, 0.25) is 0 Å². The Morgan fingerprint density at radius 2 is 1.70 bits per heavy atom. The van der Waals surface area contributed by atoms with Crippen molar-refractivity contribution in [2.24, 2.45) is 0 Å². The van der Waals surface area contributed by atoms with Gasteiger partial charge in [-0.3, -0.25) is 5.32 Å². The number of allylic oxidation sites excluding steroid dienone is 1. The van der Waals surface area contributed by atoms with E-state index in [1.54, 1.807) is 60.7 Å². The molecule has 0 saturated carbocycles. The van der Waals surface area contributed by atoms with Crippen LogP contribution in [-0.2, 0) is 9.53 Å². The van der Waals surface area contributed by atoms with Crippen molar-refractivity contribution < 1.29 is 34.0 Å². The van der Waals surface area contributed by atoms with Crippen LogP contribution in [0.15, 0.2) is 95.5 Å². The molecule has 0 spiro atoms. The lowest BCUT2D eigenvalue weighted by molar-refractivity contribution is -0.131. The molecule has 0 aliphatic heterocycles. The smallest absolute Gasteiger partial charge is 0.412 e. The van der Waals surface area contributed by atoms with Crippen LogP contribution in [0, 0.1) is 0 Å². The normalized spacial score (nSPS) is 12.5. The zero-order valence-electron chi connectivity index (χ0n) is 20.0. The molecule has 0 aromatic heterocycles. The Labute approximate surface area is 223 Å². The fraction of sp³-hybridized carbons (Fsp3) is 0.214. The van der Waals surface area contributed by atoms with Crippen molar-refractivity contribution in [1.82, 2.24) is 0 Å². The van der Waals surface area contributed by atoms with Gasteiger partial charge in [-0.05, 0) is 66.9 Å². The van der Waals surface area contributed by atoms with E-state index in [4.69, 9.17) is 24.4 Å². The SMILES string of the molecule is O=C(O)/C=C/CC[C@@H](Oc1ccccc1)[C@H](OC(=O)Nc1ccc(Br)cc1)c1cccc(OCCO)c1. The Morgan fingerprint density at radius 3 is 2.41 bits per heavy atom. The molecule has 3 aromatic rings. The molecular formula is C28H28BrNO7. The number of nitrogens with one attached hydrogen (secondary N) is 1. The van der Waals surface area contributed by atoms with Gasteiger partial charge in [-0.25, -0.2) is 9.59 Å². The Bertz CT molecular complexity index is 1170. The van der Waals surface area contributed by atoms with Crippen molar-refractivity contribution in [3.05, 3.63) is 101 Å². The summed E-state index contributed by atoms with van der Waals surface area (Å²) in [7, 11) is 0. The second-order valence-electron chi connectivity index (χ2n) is 7.89. The van der Waals surface area contributed by atoms with E-state index in [1.165, 1.54) is 6.08 Å². The van der Waals surface area contributed by atoms with E-state index in [2.05, 4.69) is 21.2 Å². The number of carboxylic acids is 1. The average molecular weight is 570 g/mol. The highest BCUT2D eigenvalue weighted by Crippen LogP contribution is 2.31.